The van der Waals surface area contributed by atoms with Crippen LogP contribution in [0.15, 0.2) is 78.1 Å². The first-order valence-electron chi connectivity index (χ1n) is 8.82. The van der Waals surface area contributed by atoms with Crippen molar-refractivity contribution >= 4 is 5.91 Å². The number of amides is 1. The molecule has 0 atom stereocenters. The van der Waals surface area contributed by atoms with Gasteiger partial charge in [-0.25, -0.2) is 4.68 Å². The van der Waals surface area contributed by atoms with Gasteiger partial charge in [0, 0.05) is 24.2 Å². The lowest BCUT2D eigenvalue weighted by atomic mass is 9.95. The lowest BCUT2D eigenvalue weighted by Crippen LogP contribution is -2.35. The highest BCUT2D eigenvalue weighted by Gasteiger charge is 2.24. The number of hydrogen-bond donors (Lipinski definition) is 1. The third-order valence-corrected chi connectivity index (χ3v) is 4.20. The van der Waals surface area contributed by atoms with Gasteiger partial charge in [0.05, 0.1) is 5.69 Å². The van der Waals surface area contributed by atoms with Crippen LogP contribution in [-0.4, -0.2) is 22.2 Å². The van der Waals surface area contributed by atoms with Gasteiger partial charge in [0.15, 0.2) is 0 Å². The van der Waals surface area contributed by atoms with Crippen LogP contribution in [0.1, 0.15) is 17.3 Å². The Hall–Kier alpha value is -3.47. The standard InChI is InChI=1S/C22H21N3O2/c1-3-15-23-21(26)19-18(16-11-7-5-8-12-16)20(17-13-9-6-10-14-17)24-25(4-2)22(19)27/h3,5-14H,1,4,15H2,2H3,(H,23,26). The average molecular weight is 359 g/mol. The van der Waals surface area contributed by atoms with Crippen molar-refractivity contribution in [2.45, 2.75) is 13.5 Å². The molecular weight excluding hydrogens is 338 g/mol. The number of carbonyl (C=O) groups excluding carboxylic acids is 1. The summed E-state index contributed by atoms with van der Waals surface area (Å²) in [7, 11) is 0. The van der Waals surface area contributed by atoms with Gasteiger partial charge in [-0.05, 0) is 12.5 Å². The molecule has 0 saturated carbocycles. The summed E-state index contributed by atoms with van der Waals surface area (Å²) in [5, 5.41) is 7.30. The molecule has 0 spiro atoms. The van der Waals surface area contributed by atoms with E-state index in [2.05, 4.69) is 17.0 Å². The maximum Gasteiger partial charge on any atom is 0.280 e. The number of aryl methyl sites for hydroxylation is 1. The van der Waals surface area contributed by atoms with Crippen molar-refractivity contribution < 1.29 is 4.79 Å². The van der Waals surface area contributed by atoms with Crippen LogP contribution in [0.4, 0.5) is 0 Å². The molecule has 5 nitrogen and oxygen atoms in total. The second kappa shape index (κ2) is 8.27. The zero-order valence-electron chi connectivity index (χ0n) is 15.2. The Kier molecular flexibility index (Phi) is 5.61. The van der Waals surface area contributed by atoms with Crippen LogP contribution >= 0.6 is 0 Å². The Morgan fingerprint density at radius 1 is 1.07 bits per heavy atom. The molecule has 136 valence electrons. The molecule has 0 radical (unpaired) electrons. The quantitative estimate of drug-likeness (QED) is 0.685. The van der Waals surface area contributed by atoms with Crippen LogP contribution in [0.25, 0.3) is 22.4 Å². The first kappa shape index (κ1) is 18.3. The van der Waals surface area contributed by atoms with E-state index >= 15 is 0 Å². The third kappa shape index (κ3) is 3.72. The first-order chi connectivity index (χ1) is 13.2. The Morgan fingerprint density at radius 3 is 2.22 bits per heavy atom. The summed E-state index contributed by atoms with van der Waals surface area (Å²) < 4.78 is 1.33. The molecule has 1 aromatic heterocycles. The highest BCUT2D eigenvalue weighted by Crippen LogP contribution is 2.31. The number of nitrogens with one attached hydrogen (secondary N) is 1. The molecule has 27 heavy (non-hydrogen) atoms. The predicted molar refractivity (Wildman–Crippen MR) is 108 cm³/mol. The van der Waals surface area contributed by atoms with Gasteiger partial charge < -0.3 is 5.32 Å². The van der Waals surface area contributed by atoms with Crippen LogP contribution in [0, 0.1) is 0 Å². The van der Waals surface area contributed by atoms with E-state index in [4.69, 9.17) is 0 Å². The molecule has 0 fully saturated rings. The van der Waals surface area contributed by atoms with Gasteiger partial charge in [0.1, 0.15) is 5.56 Å². The molecule has 1 N–H and O–H groups in total. The largest absolute Gasteiger partial charge is 0.348 e. The Morgan fingerprint density at radius 2 is 1.67 bits per heavy atom. The van der Waals surface area contributed by atoms with Gasteiger partial charge in [-0.2, -0.15) is 5.10 Å². The minimum absolute atomic E-state index is 0.0961. The molecule has 2 aromatic carbocycles. The Bertz CT molecular complexity index is 1010. The number of carbonyl (C=O) groups is 1. The minimum atomic E-state index is -0.430. The molecule has 0 aliphatic heterocycles. The van der Waals surface area contributed by atoms with E-state index in [0.29, 0.717) is 17.8 Å². The number of nitrogens with zero attached hydrogens (tertiary/aromatic N) is 2. The van der Waals surface area contributed by atoms with Crippen LogP contribution in [0.2, 0.25) is 0 Å². The monoisotopic (exact) mass is 359 g/mol. The molecule has 0 unspecified atom stereocenters. The summed E-state index contributed by atoms with van der Waals surface area (Å²) in [6.45, 7) is 6.10. The molecular formula is C22H21N3O2. The number of rotatable bonds is 6. The maximum atomic E-state index is 13.0. The molecule has 3 rings (SSSR count). The van der Waals surface area contributed by atoms with E-state index in [-0.39, 0.29) is 12.1 Å². The predicted octanol–water partition coefficient (Wildman–Crippen LogP) is 3.51. The van der Waals surface area contributed by atoms with Crippen molar-refractivity contribution in [3.05, 3.63) is 89.2 Å². The van der Waals surface area contributed by atoms with E-state index in [0.717, 1.165) is 11.1 Å². The minimum Gasteiger partial charge on any atom is -0.348 e. The Balaban J connectivity index is 2.38. The molecule has 0 aliphatic rings. The van der Waals surface area contributed by atoms with Crippen LogP contribution < -0.4 is 10.9 Å². The lowest BCUT2D eigenvalue weighted by Gasteiger charge is -2.16. The van der Waals surface area contributed by atoms with Gasteiger partial charge in [-0.3, -0.25) is 9.59 Å². The number of aromatic nitrogens is 2. The SMILES string of the molecule is C=CCNC(=O)c1c(-c2ccccc2)c(-c2ccccc2)nn(CC)c1=O. The van der Waals surface area contributed by atoms with E-state index in [9.17, 15) is 9.59 Å². The normalized spacial score (nSPS) is 10.4. The van der Waals surface area contributed by atoms with Crippen molar-refractivity contribution in [2.75, 3.05) is 6.54 Å². The van der Waals surface area contributed by atoms with E-state index in [1.807, 2.05) is 67.6 Å². The summed E-state index contributed by atoms with van der Waals surface area (Å²) in [5.41, 5.74) is 2.45. The van der Waals surface area contributed by atoms with Crippen molar-refractivity contribution in [3.8, 4) is 22.4 Å². The van der Waals surface area contributed by atoms with Crippen molar-refractivity contribution in [2.24, 2.45) is 0 Å². The molecule has 0 bridgehead atoms. The number of hydrogen-bond acceptors (Lipinski definition) is 3. The molecule has 3 aromatic rings. The van der Waals surface area contributed by atoms with Gasteiger partial charge in [0.2, 0.25) is 0 Å². The second-order valence-electron chi connectivity index (χ2n) is 5.95. The van der Waals surface area contributed by atoms with Gasteiger partial charge in [-0.1, -0.05) is 66.7 Å². The van der Waals surface area contributed by atoms with E-state index in [1.165, 1.54) is 4.68 Å². The van der Waals surface area contributed by atoms with Gasteiger partial charge in [-0.15, -0.1) is 6.58 Å². The molecule has 1 amide bonds. The van der Waals surface area contributed by atoms with Gasteiger partial charge in [0.25, 0.3) is 11.5 Å². The zero-order valence-corrected chi connectivity index (χ0v) is 15.2. The molecule has 5 heteroatoms. The highest BCUT2D eigenvalue weighted by atomic mass is 16.2. The smallest absolute Gasteiger partial charge is 0.280 e. The molecule has 0 saturated heterocycles. The Labute approximate surface area is 158 Å². The summed E-state index contributed by atoms with van der Waals surface area (Å²) in [4.78, 5) is 25.9. The van der Waals surface area contributed by atoms with Crippen molar-refractivity contribution in [3.63, 3.8) is 0 Å². The summed E-state index contributed by atoms with van der Waals surface area (Å²) >= 11 is 0. The summed E-state index contributed by atoms with van der Waals surface area (Å²) in [6.07, 6.45) is 1.58. The fourth-order valence-electron chi connectivity index (χ4n) is 2.93. The second-order valence-corrected chi connectivity index (χ2v) is 5.95. The first-order valence-corrected chi connectivity index (χ1v) is 8.82. The summed E-state index contributed by atoms with van der Waals surface area (Å²) in [5.74, 6) is -0.430. The molecule has 0 aliphatic carbocycles. The van der Waals surface area contributed by atoms with Crippen LogP contribution in [-0.2, 0) is 6.54 Å². The summed E-state index contributed by atoms with van der Waals surface area (Å²) in [6, 6.07) is 19.0. The third-order valence-electron chi connectivity index (χ3n) is 4.20. The van der Waals surface area contributed by atoms with E-state index in [1.54, 1.807) is 6.08 Å². The zero-order chi connectivity index (χ0) is 19.2. The fourth-order valence-corrected chi connectivity index (χ4v) is 2.93. The van der Waals surface area contributed by atoms with Gasteiger partial charge >= 0.3 is 0 Å². The van der Waals surface area contributed by atoms with Crippen LogP contribution in [0.3, 0.4) is 0 Å². The lowest BCUT2D eigenvalue weighted by molar-refractivity contribution is 0.0956. The maximum absolute atomic E-state index is 13.0. The average Bonchev–Trinajstić information content (AvgIpc) is 2.72. The van der Waals surface area contributed by atoms with Crippen LogP contribution in [0.5, 0.6) is 0 Å². The fraction of sp³-hybridized carbons (Fsp3) is 0.136. The van der Waals surface area contributed by atoms with Crippen molar-refractivity contribution in [1.82, 2.24) is 15.1 Å². The highest BCUT2D eigenvalue weighted by molar-refractivity contribution is 6.03. The van der Waals surface area contributed by atoms with Crippen molar-refractivity contribution in [1.29, 1.82) is 0 Å². The topological polar surface area (TPSA) is 64.0 Å². The number of benzene rings is 2. The molecule has 1 heterocycles. The van der Waals surface area contributed by atoms with E-state index < -0.39 is 11.5 Å².